The summed E-state index contributed by atoms with van der Waals surface area (Å²) in [4.78, 5) is 30.0. The van der Waals surface area contributed by atoms with Gasteiger partial charge in [-0.2, -0.15) is 0 Å². The fourth-order valence-electron chi connectivity index (χ4n) is 3.46. The van der Waals surface area contributed by atoms with Crippen LogP contribution in [0.3, 0.4) is 0 Å². The maximum Gasteiger partial charge on any atom is 0.267 e. The molecule has 0 bridgehead atoms. The van der Waals surface area contributed by atoms with Gasteiger partial charge in [-0.1, -0.05) is 30.2 Å². The molecule has 1 heterocycles. The van der Waals surface area contributed by atoms with E-state index in [1.165, 1.54) is 11.3 Å². The zero-order valence-electron chi connectivity index (χ0n) is 16.4. The molecule has 2 aromatic rings. The molecule has 4 rings (SSSR count). The van der Waals surface area contributed by atoms with Crippen LogP contribution < -0.4 is 16.0 Å². The van der Waals surface area contributed by atoms with Gasteiger partial charge in [0.15, 0.2) is 5.13 Å². The Morgan fingerprint density at radius 3 is 2.69 bits per heavy atom. The van der Waals surface area contributed by atoms with Gasteiger partial charge >= 0.3 is 0 Å². The first-order valence-corrected chi connectivity index (χ1v) is 10.9. The Labute approximate surface area is 173 Å². The molecule has 0 saturated heterocycles. The van der Waals surface area contributed by atoms with Crippen molar-refractivity contribution >= 4 is 34.0 Å². The van der Waals surface area contributed by atoms with Crippen LogP contribution in [-0.2, 0) is 0 Å². The topological polar surface area (TPSA) is 103 Å². The van der Waals surface area contributed by atoms with Gasteiger partial charge in [-0.05, 0) is 50.3 Å². The second kappa shape index (κ2) is 8.51. The number of aliphatic hydroxyl groups is 1. The molecule has 29 heavy (non-hydrogen) atoms. The molecule has 0 aliphatic heterocycles. The van der Waals surface area contributed by atoms with Crippen LogP contribution in [-0.4, -0.2) is 40.1 Å². The monoisotopic (exact) mass is 414 g/mol. The minimum Gasteiger partial charge on any atom is -0.391 e. The van der Waals surface area contributed by atoms with Gasteiger partial charge in [0, 0.05) is 17.3 Å². The lowest BCUT2D eigenvalue weighted by Crippen LogP contribution is -2.45. The van der Waals surface area contributed by atoms with Crippen molar-refractivity contribution in [3.63, 3.8) is 0 Å². The predicted molar refractivity (Wildman–Crippen MR) is 114 cm³/mol. The summed E-state index contributed by atoms with van der Waals surface area (Å²) in [5.74, 6) is -0.477. The number of rotatable bonds is 6. The Hall–Kier alpha value is -2.45. The number of amides is 2. The van der Waals surface area contributed by atoms with Crippen LogP contribution >= 0.6 is 11.3 Å². The van der Waals surface area contributed by atoms with E-state index in [2.05, 4.69) is 20.9 Å². The summed E-state index contributed by atoms with van der Waals surface area (Å²) >= 11 is 1.33. The molecule has 1 aromatic heterocycles. The third-order valence-corrected chi connectivity index (χ3v) is 6.36. The second-order valence-corrected chi connectivity index (χ2v) is 8.89. The fourth-order valence-corrected chi connectivity index (χ4v) is 4.25. The highest BCUT2D eigenvalue weighted by atomic mass is 32.1. The summed E-state index contributed by atoms with van der Waals surface area (Å²) in [7, 11) is 0. The molecule has 8 heteroatoms. The standard InChI is InChI=1S/C21H26N4O3S/c1-12-6-7-13(19(27)24-15-4-2-3-5-17(15)26)10-16(12)25-20(28)18-11-22-21(29-18)23-14-8-9-14/h6-7,10-11,14-15,17,26H,2-5,8-9H2,1H3,(H,22,23)(H,24,27)(H,25,28)/t15-,17-/m0/s1. The van der Waals surface area contributed by atoms with E-state index in [9.17, 15) is 14.7 Å². The molecule has 2 fully saturated rings. The van der Waals surface area contributed by atoms with Crippen LogP contribution in [0.1, 0.15) is 64.1 Å². The number of aromatic nitrogens is 1. The minimum atomic E-state index is -0.498. The quantitative estimate of drug-likeness (QED) is 0.581. The van der Waals surface area contributed by atoms with Gasteiger partial charge < -0.3 is 21.1 Å². The molecular weight excluding hydrogens is 388 g/mol. The number of carbonyl (C=O) groups is 2. The first kappa shape index (κ1) is 19.8. The van der Waals surface area contributed by atoms with Gasteiger partial charge in [0.05, 0.1) is 18.3 Å². The van der Waals surface area contributed by atoms with E-state index < -0.39 is 6.10 Å². The molecule has 2 aliphatic rings. The number of nitrogens with one attached hydrogen (secondary N) is 3. The van der Waals surface area contributed by atoms with Gasteiger partial charge in [0.2, 0.25) is 0 Å². The largest absolute Gasteiger partial charge is 0.391 e. The van der Waals surface area contributed by atoms with Crippen molar-refractivity contribution < 1.29 is 14.7 Å². The van der Waals surface area contributed by atoms with Crippen molar-refractivity contribution in [1.29, 1.82) is 0 Å². The van der Waals surface area contributed by atoms with Gasteiger partial charge in [0.1, 0.15) is 4.88 Å². The van der Waals surface area contributed by atoms with E-state index in [0.29, 0.717) is 28.6 Å². The fraction of sp³-hybridized carbons (Fsp3) is 0.476. The summed E-state index contributed by atoms with van der Waals surface area (Å²) in [6, 6.07) is 5.50. The van der Waals surface area contributed by atoms with Gasteiger partial charge in [-0.15, -0.1) is 0 Å². The van der Waals surface area contributed by atoms with E-state index in [0.717, 1.165) is 42.8 Å². The molecule has 0 radical (unpaired) electrons. The average molecular weight is 415 g/mol. The zero-order valence-corrected chi connectivity index (χ0v) is 17.2. The summed E-state index contributed by atoms with van der Waals surface area (Å²) in [6.07, 6.45) is 6.86. The summed E-state index contributed by atoms with van der Waals surface area (Å²) in [5, 5.41) is 19.9. The van der Waals surface area contributed by atoms with Gasteiger partial charge in [0.25, 0.3) is 11.8 Å². The Bertz CT molecular complexity index is 909. The number of carbonyl (C=O) groups excluding carboxylic acids is 2. The smallest absolute Gasteiger partial charge is 0.267 e. The maximum absolute atomic E-state index is 12.6. The molecular formula is C21H26N4O3S. The number of anilines is 2. The average Bonchev–Trinajstić information content (AvgIpc) is 3.39. The SMILES string of the molecule is Cc1ccc(C(=O)N[C@H]2CCCC[C@@H]2O)cc1NC(=O)c1cnc(NC2CC2)s1. The molecule has 154 valence electrons. The number of nitrogens with zero attached hydrogens (tertiary/aromatic N) is 1. The normalized spacial score (nSPS) is 21.4. The number of aryl methyl sites for hydroxylation is 1. The number of thiazole rings is 1. The molecule has 4 N–H and O–H groups in total. The lowest BCUT2D eigenvalue weighted by molar-refractivity contribution is 0.0717. The molecule has 0 unspecified atom stereocenters. The lowest BCUT2D eigenvalue weighted by atomic mass is 9.92. The van der Waals surface area contributed by atoms with Crippen LogP contribution in [0.15, 0.2) is 24.4 Å². The van der Waals surface area contributed by atoms with Gasteiger partial charge in [-0.3, -0.25) is 9.59 Å². The zero-order chi connectivity index (χ0) is 20.4. The van der Waals surface area contributed by atoms with Crippen LogP contribution in [0.4, 0.5) is 10.8 Å². The third kappa shape index (κ3) is 4.94. The first-order chi connectivity index (χ1) is 14.0. The molecule has 2 saturated carbocycles. The van der Waals surface area contributed by atoms with Crippen molar-refractivity contribution in [2.75, 3.05) is 10.6 Å². The maximum atomic E-state index is 12.6. The Balaban J connectivity index is 1.42. The van der Waals surface area contributed by atoms with E-state index in [-0.39, 0.29) is 17.9 Å². The molecule has 2 amide bonds. The summed E-state index contributed by atoms with van der Waals surface area (Å²) < 4.78 is 0. The lowest BCUT2D eigenvalue weighted by Gasteiger charge is -2.28. The van der Waals surface area contributed by atoms with Gasteiger partial charge in [-0.25, -0.2) is 4.98 Å². The second-order valence-electron chi connectivity index (χ2n) is 7.86. The third-order valence-electron chi connectivity index (χ3n) is 5.43. The predicted octanol–water partition coefficient (Wildman–Crippen LogP) is 3.31. The van der Waals surface area contributed by atoms with Crippen LogP contribution in [0.2, 0.25) is 0 Å². The van der Waals surface area contributed by atoms with E-state index in [4.69, 9.17) is 0 Å². The first-order valence-electron chi connectivity index (χ1n) is 10.1. The van der Waals surface area contributed by atoms with Crippen molar-refractivity contribution in [2.45, 2.75) is 63.6 Å². The number of aliphatic hydroxyl groups excluding tert-OH is 1. The highest BCUT2D eigenvalue weighted by Crippen LogP contribution is 2.28. The summed E-state index contributed by atoms with van der Waals surface area (Å²) in [6.45, 7) is 1.88. The number of hydrogen-bond donors (Lipinski definition) is 4. The van der Waals surface area contributed by atoms with Crippen LogP contribution in [0, 0.1) is 6.92 Å². The minimum absolute atomic E-state index is 0.217. The molecule has 1 aromatic carbocycles. The number of hydrogen-bond acceptors (Lipinski definition) is 6. The van der Waals surface area contributed by atoms with Crippen molar-refractivity contribution in [1.82, 2.24) is 10.3 Å². The molecule has 7 nitrogen and oxygen atoms in total. The Kier molecular flexibility index (Phi) is 5.82. The van der Waals surface area contributed by atoms with E-state index >= 15 is 0 Å². The Morgan fingerprint density at radius 1 is 1.14 bits per heavy atom. The molecule has 2 aliphatic carbocycles. The Morgan fingerprint density at radius 2 is 1.93 bits per heavy atom. The highest BCUT2D eigenvalue weighted by Gasteiger charge is 2.25. The van der Waals surface area contributed by atoms with Crippen LogP contribution in [0.25, 0.3) is 0 Å². The summed E-state index contributed by atoms with van der Waals surface area (Å²) in [5.41, 5.74) is 1.93. The molecule has 0 spiro atoms. The molecule has 2 atom stereocenters. The number of benzene rings is 1. The van der Waals surface area contributed by atoms with Crippen molar-refractivity contribution in [2.24, 2.45) is 0 Å². The van der Waals surface area contributed by atoms with Crippen molar-refractivity contribution in [3.8, 4) is 0 Å². The van der Waals surface area contributed by atoms with E-state index in [1.54, 1.807) is 18.3 Å². The van der Waals surface area contributed by atoms with E-state index in [1.807, 2.05) is 13.0 Å². The van der Waals surface area contributed by atoms with Crippen LogP contribution in [0.5, 0.6) is 0 Å². The highest BCUT2D eigenvalue weighted by molar-refractivity contribution is 7.17. The van der Waals surface area contributed by atoms with Crippen molar-refractivity contribution in [3.05, 3.63) is 40.4 Å².